The molecule has 4 N–H and O–H groups in total. The van der Waals surface area contributed by atoms with Crippen molar-refractivity contribution in [2.24, 2.45) is 0 Å². The van der Waals surface area contributed by atoms with Crippen molar-refractivity contribution >= 4 is 17.6 Å². The van der Waals surface area contributed by atoms with E-state index in [4.69, 9.17) is 9.47 Å². The number of amides is 3. The number of carbonyl (C=O) groups is 2. The second-order valence-corrected chi connectivity index (χ2v) is 5.58. The van der Waals surface area contributed by atoms with E-state index in [1.807, 2.05) is 30.3 Å². The zero-order valence-corrected chi connectivity index (χ0v) is 14.0. The third-order valence-corrected chi connectivity index (χ3v) is 3.64. The van der Waals surface area contributed by atoms with E-state index >= 15 is 0 Å². The van der Waals surface area contributed by atoms with Crippen LogP contribution in [0.5, 0.6) is 17.2 Å². The number of rotatable bonds is 5. The number of carbonyl (C=O) groups excluding carboxylic acids is 2. The second-order valence-electron chi connectivity index (χ2n) is 5.58. The van der Waals surface area contributed by atoms with Crippen LogP contribution in [0.4, 0.5) is 10.5 Å². The van der Waals surface area contributed by atoms with Gasteiger partial charge in [0.25, 0.3) is 0 Å². The molecule has 0 aliphatic carbocycles. The van der Waals surface area contributed by atoms with Gasteiger partial charge in [0.05, 0.1) is 12.2 Å². The first kappa shape index (κ1) is 17.4. The van der Waals surface area contributed by atoms with Crippen LogP contribution < -0.4 is 25.4 Å². The third-order valence-electron chi connectivity index (χ3n) is 3.64. The zero-order chi connectivity index (χ0) is 18.4. The van der Waals surface area contributed by atoms with Crippen LogP contribution in [-0.4, -0.2) is 36.8 Å². The Labute approximate surface area is 150 Å². The van der Waals surface area contributed by atoms with Gasteiger partial charge in [0.15, 0.2) is 11.5 Å². The summed E-state index contributed by atoms with van der Waals surface area (Å²) in [6.45, 7) is 0.917. The van der Waals surface area contributed by atoms with Gasteiger partial charge in [0.1, 0.15) is 19.0 Å². The molecular weight excluding hydrogens is 338 g/mol. The second kappa shape index (κ2) is 8.11. The van der Waals surface area contributed by atoms with Crippen molar-refractivity contribution in [2.75, 3.05) is 25.1 Å². The molecule has 0 unspecified atom stereocenters. The molecule has 3 rings (SSSR count). The van der Waals surface area contributed by atoms with Crippen LogP contribution in [0.2, 0.25) is 0 Å². The van der Waals surface area contributed by atoms with E-state index in [-0.39, 0.29) is 18.0 Å². The molecular formula is C18H19N3O5. The summed E-state index contributed by atoms with van der Waals surface area (Å²) in [6.07, 6.45) is 0. The Hall–Kier alpha value is -3.42. The Morgan fingerprint density at radius 3 is 2.42 bits per heavy atom. The predicted molar refractivity (Wildman–Crippen MR) is 94.4 cm³/mol. The molecule has 0 fully saturated rings. The molecule has 0 aromatic heterocycles. The minimum absolute atomic E-state index is 0.142. The average molecular weight is 357 g/mol. The number of aromatic hydroxyl groups is 1. The molecule has 0 saturated carbocycles. The molecule has 0 atom stereocenters. The number of urea groups is 1. The molecule has 3 amide bonds. The molecule has 0 saturated heterocycles. The van der Waals surface area contributed by atoms with Gasteiger partial charge in [-0.2, -0.15) is 0 Å². The van der Waals surface area contributed by atoms with E-state index in [0.29, 0.717) is 31.3 Å². The largest absolute Gasteiger partial charge is 0.506 e. The first-order valence-electron chi connectivity index (χ1n) is 8.10. The number of hydrogen-bond acceptors (Lipinski definition) is 5. The third kappa shape index (κ3) is 4.56. The molecule has 1 heterocycles. The molecule has 0 radical (unpaired) electrons. The summed E-state index contributed by atoms with van der Waals surface area (Å²) in [4.78, 5) is 23.7. The fourth-order valence-electron chi connectivity index (χ4n) is 2.37. The lowest BCUT2D eigenvalue weighted by Gasteiger charge is -2.19. The van der Waals surface area contributed by atoms with E-state index in [1.165, 1.54) is 12.1 Å². The molecule has 0 spiro atoms. The monoisotopic (exact) mass is 357 g/mol. The molecule has 136 valence electrons. The van der Waals surface area contributed by atoms with Gasteiger partial charge < -0.3 is 30.5 Å². The van der Waals surface area contributed by atoms with Gasteiger partial charge in [-0.1, -0.05) is 30.3 Å². The molecule has 1 aliphatic heterocycles. The summed E-state index contributed by atoms with van der Waals surface area (Å²) in [5.41, 5.74) is 1.14. The number of phenolic OH excluding ortho intramolecular Hbond substituents is 1. The fourth-order valence-corrected chi connectivity index (χ4v) is 2.37. The van der Waals surface area contributed by atoms with Crippen molar-refractivity contribution in [2.45, 2.75) is 6.54 Å². The summed E-state index contributed by atoms with van der Waals surface area (Å²) in [6, 6.07) is 11.8. The van der Waals surface area contributed by atoms with E-state index in [2.05, 4.69) is 16.0 Å². The lowest BCUT2D eigenvalue weighted by molar-refractivity contribution is -0.115. The number of phenols is 1. The van der Waals surface area contributed by atoms with Gasteiger partial charge in [0, 0.05) is 18.7 Å². The standard InChI is InChI=1S/C18H19N3O5/c22-14-9-16-15(25-6-7-26-16)8-13(14)21-17(23)11-20-18(24)19-10-12-4-2-1-3-5-12/h1-5,8-9,22H,6-7,10-11H2,(H,21,23)(H2,19,20,24). The normalized spacial score (nSPS) is 12.2. The maximum atomic E-state index is 12.0. The van der Waals surface area contributed by atoms with Crippen LogP contribution in [0.1, 0.15) is 5.56 Å². The summed E-state index contributed by atoms with van der Waals surface area (Å²) in [5, 5.41) is 17.6. The summed E-state index contributed by atoms with van der Waals surface area (Å²) >= 11 is 0. The van der Waals surface area contributed by atoms with Crippen molar-refractivity contribution in [3.63, 3.8) is 0 Å². The van der Waals surface area contributed by atoms with E-state index < -0.39 is 11.9 Å². The Bertz CT molecular complexity index is 795. The van der Waals surface area contributed by atoms with Crippen LogP contribution in [-0.2, 0) is 11.3 Å². The van der Waals surface area contributed by atoms with Gasteiger partial charge in [-0.3, -0.25) is 4.79 Å². The summed E-state index contributed by atoms with van der Waals surface area (Å²) in [5.74, 6) is 0.242. The Morgan fingerprint density at radius 1 is 1.00 bits per heavy atom. The van der Waals surface area contributed by atoms with E-state index in [1.54, 1.807) is 0 Å². The van der Waals surface area contributed by atoms with Crippen molar-refractivity contribution in [1.29, 1.82) is 0 Å². The average Bonchev–Trinajstić information content (AvgIpc) is 2.66. The number of anilines is 1. The Kier molecular flexibility index (Phi) is 5.43. The first-order valence-corrected chi connectivity index (χ1v) is 8.10. The van der Waals surface area contributed by atoms with Gasteiger partial charge in [-0.15, -0.1) is 0 Å². The summed E-state index contributed by atoms with van der Waals surface area (Å²) in [7, 11) is 0. The number of nitrogens with one attached hydrogen (secondary N) is 3. The minimum Gasteiger partial charge on any atom is -0.506 e. The maximum absolute atomic E-state index is 12.0. The van der Waals surface area contributed by atoms with Crippen LogP contribution >= 0.6 is 0 Å². The molecule has 8 nitrogen and oxygen atoms in total. The highest BCUT2D eigenvalue weighted by Gasteiger charge is 2.17. The van der Waals surface area contributed by atoms with Gasteiger partial charge in [-0.25, -0.2) is 4.79 Å². The van der Waals surface area contributed by atoms with Crippen molar-refractivity contribution in [3.05, 3.63) is 48.0 Å². The van der Waals surface area contributed by atoms with E-state index in [0.717, 1.165) is 5.56 Å². The fraction of sp³-hybridized carbons (Fsp3) is 0.222. The smallest absolute Gasteiger partial charge is 0.315 e. The highest BCUT2D eigenvalue weighted by Crippen LogP contribution is 2.38. The van der Waals surface area contributed by atoms with Gasteiger partial charge >= 0.3 is 6.03 Å². The Balaban J connectivity index is 1.47. The number of ether oxygens (including phenoxy) is 2. The lowest BCUT2D eigenvalue weighted by atomic mass is 10.2. The van der Waals surface area contributed by atoms with Crippen LogP contribution in [0.25, 0.3) is 0 Å². The molecule has 8 heteroatoms. The highest BCUT2D eigenvalue weighted by molar-refractivity contribution is 5.95. The maximum Gasteiger partial charge on any atom is 0.315 e. The number of benzene rings is 2. The first-order chi connectivity index (χ1) is 12.6. The van der Waals surface area contributed by atoms with Crippen LogP contribution in [0.15, 0.2) is 42.5 Å². The minimum atomic E-state index is -0.480. The van der Waals surface area contributed by atoms with Gasteiger partial charge in [-0.05, 0) is 5.56 Å². The Morgan fingerprint density at radius 2 is 1.69 bits per heavy atom. The van der Waals surface area contributed by atoms with Crippen LogP contribution in [0, 0.1) is 0 Å². The zero-order valence-electron chi connectivity index (χ0n) is 14.0. The number of fused-ring (bicyclic) bond motifs is 1. The summed E-state index contributed by atoms with van der Waals surface area (Å²) < 4.78 is 10.7. The number of hydrogen-bond donors (Lipinski definition) is 4. The molecule has 1 aliphatic rings. The predicted octanol–water partition coefficient (Wildman–Crippen LogP) is 1.60. The van der Waals surface area contributed by atoms with Crippen molar-refractivity contribution < 1.29 is 24.2 Å². The molecule has 2 aromatic rings. The van der Waals surface area contributed by atoms with E-state index in [9.17, 15) is 14.7 Å². The topological polar surface area (TPSA) is 109 Å². The SMILES string of the molecule is O=C(CNC(=O)NCc1ccccc1)Nc1cc2c(cc1O)OCCO2. The molecule has 0 bridgehead atoms. The quantitative estimate of drug-likeness (QED) is 0.608. The van der Waals surface area contributed by atoms with Crippen molar-refractivity contribution in [1.82, 2.24) is 10.6 Å². The molecule has 2 aromatic carbocycles. The van der Waals surface area contributed by atoms with Gasteiger partial charge in [0.2, 0.25) is 5.91 Å². The molecule has 26 heavy (non-hydrogen) atoms. The van der Waals surface area contributed by atoms with Crippen LogP contribution in [0.3, 0.4) is 0 Å². The van der Waals surface area contributed by atoms with Crippen molar-refractivity contribution in [3.8, 4) is 17.2 Å². The highest BCUT2D eigenvalue weighted by atomic mass is 16.6. The lowest BCUT2D eigenvalue weighted by Crippen LogP contribution is -2.39.